The van der Waals surface area contributed by atoms with E-state index in [0.717, 1.165) is 6.26 Å². The summed E-state index contributed by atoms with van der Waals surface area (Å²) in [5.74, 6) is 0.415. The monoisotopic (exact) mass is 272 g/mol. The molecule has 18 heavy (non-hydrogen) atoms. The van der Waals surface area contributed by atoms with E-state index in [4.69, 9.17) is 4.74 Å². The zero-order valence-corrected chi connectivity index (χ0v) is 11.1. The molecular weight excluding hydrogens is 256 g/mol. The third-order valence-electron chi connectivity index (χ3n) is 2.13. The molecule has 0 aliphatic rings. The first-order valence-electron chi connectivity index (χ1n) is 5.29. The third kappa shape index (κ3) is 5.15. The summed E-state index contributed by atoms with van der Waals surface area (Å²) < 4.78 is 28.8. The standard InChI is InChI=1S/C11H16N2O4S/c1-17-10-5-3-9(4-6-10)11(14)12-7-8-13-18(2,15)16/h3-6,13H,7-8H2,1-2H3,(H,12,14). The first-order chi connectivity index (χ1) is 8.42. The lowest BCUT2D eigenvalue weighted by Crippen LogP contribution is -2.34. The van der Waals surface area contributed by atoms with Gasteiger partial charge in [-0.2, -0.15) is 0 Å². The summed E-state index contributed by atoms with van der Waals surface area (Å²) in [6, 6.07) is 6.64. The Morgan fingerprint density at radius 2 is 1.83 bits per heavy atom. The van der Waals surface area contributed by atoms with Crippen molar-refractivity contribution in [3.05, 3.63) is 29.8 Å². The fraction of sp³-hybridized carbons (Fsp3) is 0.364. The van der Waals surface area contributed by atoms with Gasteiger partial charge in [-0.05, 0) is 24.3 Å². The van der Waals surface area contributed by atoms with Crippen LogP contribution in [0.1, 0.15) is 10.4 Å². The molecule has 0 radical (unpaired) electrons. The molecule has 0 heterocycles. The van der Waals surface area contributed by atoms with Crippen molar-refractivity contribution < 1.29 is 17.9 Å². The number of sulfonamides is 1. The number of benzene rings is 1. The van der Waals surface area contributed by atoms with Gasteiger partial charge in [0.2, 0.25) is 10.0 Å². The van der Waals surface area contributed by atoms with E-state index in [9.17, 15) is 13.2 Å². The Morgan fingerprint density at radius 1 is 1.22 bits per heavy atom. The summed E-state index contributed by atoms with van der Waals surface area (Å²) in [5, 5.41) is 2.60. The van der Waals surface area contributed by atoms with Crippen molar-refractivity contribution in [3.8, 4) is 5.75 Å². The van der Waals surface area contributed by atoms with Gasteiger partial charge in [0.25, 0.3) is 5.91 Å². The van der Waals surface area contributed by atoms with E-state index in [1.165, 1.54) is 0 Å². The molecule has 0 fully saturated rings. The number of amides is 1. The molecular formula is C11H16N2O4S. The molecule has 1 rings (SSSR count). The number of carbonyl (C=O) groups is 1. The van der Waals surface area contributed by atoms with Gasteiger partial charge in [0.05, 0.1) is 13.4 Å². The molecule has 2 N–H and O–H groups in total. The Balaban J connectivity index is 2.40. The lowest BCUT2D eigenvalue weighted by atomic mass is 10.2. The Hall–Kier alpha value is -1.60. The molecule has 7 heteroatoms. The van der Waals surface area contributed by atoms with Gasteiger partial charge in [0.1, 0.15) is 5.75 Å². The van der Waals surface area contributed by atoms with Crippen LogP contribution in [-0.2, 0) is 10.0 Å². The van der Waals surface area contributed by atoms with E-state index < -0.39 is 10.0 Å². The summed E-state index contributed by atoms with van der Waals surface area (Å²) >= 11 is 0. The highest BCUT2D eigenvalue weighted by atomic mass is 32.2. The summed E-state index contributed by atoms with van der Waals surface area (Å²) in [6.45, 7) is 0.401. The van der Waals surface area contributed by atoms with Crippen molar-refractivity contribution in [2.45, 2.75) is 0 Å². The number of hydrogen-bond donors (Lipinski definition) is 2. The van der Waals surface area contributed by atoms with Crippen LogP contribution in [0.15, 0.2) is 24.3 Å². The van der Waals surface area contributed by atoms with Gasteiger partial charge in [-0.25, -0.2) is 13.1 Å². The van der Waals surface area contributed by atoms with Crippen LogP contribution < -0.4 is 14.8 Å². The van der Waals surface area contributed by atoms with Crippen LogP contribution in [0.3, 0.4) is 0 Å². The number of methoxy groups -OCH3 is 1. The molecule has 6 nitrogen and oxygen atoms in total. The molecule has 0 unspecified atom stereocenters. The minimum absolute atomic E-state index is 0.167. The van der Waals surface area contributed by atoms with Crippen molar-refractivity contribution >= 4 is 15.9 Å². The van der Waals surface area contributed by atoms with Crippen LogP contribution in [0.4, 0.5) is 0 Å². The van der Waals surface area contributed by atoms with Crippen molar-refractivity contribution in [2.24, 2.45) is 0 Å². The van der Waals surface area contributed by atoms with Crippen LogP contribution in [-0.4, -0.2) is 40.8 Å². The highest BCUT2D eigenvalue weighted by Crippen LogP contribution is 2.10. The van der Waals surface area contributed by atoms with E-state index in [0.29, 0.717) is 11.3 Å². The van der Waals surface area contributed by atoms with Crippen molar-refractivity contribution in [2.75, 3.05) is 26.5 Å². The molecule has 100 valence electrons. The molecule has 0 aliphatic heterocycles. The van der Waals surface area contributed by atoms with Gasteiger partial charge < -0.3 is 10.1 Å². The molecule has 0 aliphatic carbocycles. The van der Waals surface area contributed by atoms with Gasteiger partial charge in [0, 0.05) is 18.7 Å². The summed E-state index contributed by atoms with van der Waals surface area (Å²) in [4.78, 5) is 11.6. The lowest BCUT2D eigenvalue weighted by molar-refractivity contribution is 0.0954. The van der Waals surface area contributed by atoms with Crippen LogP contribution >= 0.6 is 0 Å². The number of hydrogen-bond acceptors (Lipinski definition) is 4. The van der Waals surface area contributed by atoms with Gasteiger partial charge >= 0.3 is 0 Å². The Bertz CT molecular complexity index is 496. The van der Waals surface area contributed by atoms with Gasteiger partial charge in [0.15, 0.2) is 0 Å². The van der Waals surface area contributed by atoms with Gasteiger partial charge in [-0.1, -0.05) is 0 Å². The fourth-order valence-electron chi connectivity index (χ4n) is 1.26. The fourth-order valence-corrected chi connectivity index (χ4v) is 1.73. The molecule has 1 amide bonds. The summed E-state index contributed by atoms with van der Waals surface area (Å²) in [7, 11) is -1.67. The predicted molar refractivity (Wildman–Crippen MR) is 68.2 cm³/mol. The van der Waals surface area contributed by atoms with Crippen molar-refractivity contribution in [1.29, 1.82) is 0 Å². The minimum Gasteiger partial charge on any atom is -0.497 e. The summed E-state index contributed by atoms with van der Waals surface area (Å²) in [5.41, 5.74) is 0.496. The van der Waals surface area contributed by atoms with Crippen molar-refractivity contribution in [3.63, 3.8) is 0 Å². The molecule has 0 saturated carbocycles. The van der Waals surface area contributed by atoms with Crippen molar-refractivity contribution in [1.82, 2.24) is 10.0 Å². The third-order valence-corrected chi connectivity index (χ3v) is 2.86. The second kappa shape index (κ2) is 6.36. The molecule has 0 saturated heterocycles. The largest absolute Gasteiger partial charge is 0.497 e. The maximum absolute atomic E-state index is 11.6. The normalized spacial score (nSPS) is 11.0. The lowest BCUT2D eigenvalue weighted by Gasteiger charge is -2.06. The Kier molecular flexibility index (Phi) is 5.11. The second-order valence-electron chi connectivity index (χ2n) is 3.65. The number of rotatable bonds is 6. The molecule has 0 aromatic heterocycles. The maximum Gasteiger partial charge on any atom is 0.251 e. The van der Waals surface area contributed by atoms with E-state index in [1.54, 1.807) is 31.4 Å². The molecule has 0 spiro atoms. The smallest absolute Gasteiger partial charge is 0.251 e. The highest BCUT2D eigenvalue weighted by molar-refractivity contribution is 7.88. The Labute approximate surface area is 106 Å². The Morgan fingerprint density at radius 3 is 2.33 bits per heavy atom. The van der Waals surface area contributed by atoms with E-state index in [1.807, 2.05) is 0 Å². The quantitative estimate of drug-likeness (QED) is 0.712. The zero-order valence-electron chi connectivity index (χ0n) is 10.3. The van der Waals surface area contributed by atoms with Gasteiger partial charge in [-0.15, -0.1) is 0 Å². The maximum atomic E-state index is 11.6. The molecule has 0 atom stereocenters. The molecule has 1 aromatic rings. The van der Waals surface area contributed by atoms with E-state index >= 15 is 0 Å². The van der Waals surface area contributed by atoms with Gasteiger partial charge in [-0.3, -0.25) is 4.79 Å². The predicted octanol–water partition coefficient (Wildman–Crippen LogP) is -0.0258. The minimum atomic E-state index is -3.21. The average Bonchev–Trinajstić information content (AvgIpc) is 2.33. The van der Waals surface area contributed by atoms with E-state index in [2.05, 4.69) is 10.0 Å². The SMILES string of the molecule is COc1ccc(C(=O)NCCNS(C)(=O)=O)cc1. The summed E-state index contributed by atoms with van der Waals surface area (Å²) in [6.07, 6.45) is 1.07. The zero-order chi connectivity index (χ0) is 13.6. The van der Waals surface area contributed by atoms with Crippen LogP contribution in [0, 0.1) is 0 Å². The number of ether oxygens (including phenoxy) is 1. The van der Waals surface area contributed by atoms with Crippen LogP contribution in [0.5, 0.6) is 5.75 Å². The average molecular weight is 272 g/mol. The molecule has 0 bridgehead atoms. The number of carbonyl (C=O) groups excluding carboxylic acids is 1. The topological polar surface area (TPSA) is 84.5 Å². The first-order valence-corrected chi connectivity index (χ1v) is 7.18. The van der Waals surface area contributed by atoms with E-state index in [-0.39, 0.29) is 19.0 Å². The van der Waals surface area contributed by atoms with Crippen LogP contribution in [0.25, 0.3) is 0 Å². The highest BCUT2D eigenvalue weighted by Gasteiger charge is 2.05. The second-order valence-corrected chi connectivity index (χ2v) is 5.48. The van der Waals surface area contributed by atoms with Crippen LogP contribution in [0.2, 0.25) is 0 Å². The first kappa shape index (κ1) is 14.5. The molecule has 1 aromatic carbocycles. The number of nitrogens with one attached hydrogen (secondary N) is 2.